The van der Waals surface area contributed by atoms with Crippen molar-refractivity contribution in [3.63, 3.8) is 0 Å². The van der Waals surface area contributed by atoms with Crippen molar-refractivity contribution in [1.29, 1.82) is 0 Å². The van der Waals surface area contributed by atoms with Crippen molar-refractivity contribution in [1.82, 2.24) is 14.8 Å². The third-order valence-corrected chi connectivity index (χ3v) is 4.70. The van der Waals surface area contributed by atoms with Crippen molar-refractivity contribution in [2.45, 2.75) is 12.8 Å². The summed E-state index contributed by atoms with van der Waals surface area (Å²) in [6.45, 7) is 8.44. The molecule has 0 atom stereocenters. The van der Waals surface area contributed by atoms with Gasteiger partial charge in [0.05, 0.1) is 0 Å². The summed E-state index contributed by atoms with van der Waals surface area (Å²) in [5.74, 6) is 2.04. The van der Waals surface area contributed by atoms with Crippen molar-refractivity contribution in [2.24, 2.45) is 5.92 Å². The van der Waals surface area contributed by atoms with E-state index in [0.717, 1.165) is 24.8 Å². The van der Waals surface area contributed by atoms with Crippen molar-refractivity contribution in [3.8, 4) is 0 Å². The van der Waals surface area contributed by atoms with E-state index >= 15 is 0 Å². The number of piperazine rings is 1. The second-order valence-electron chi connectivity index (χ2n) is 6.22. The van der Waals surface area contributed by atoms with Crippen LogP contribution in [0.25, 0.3) is 0 Å². The van der Waals surface area contributed by atoms with Crippen LogP contribution < -0.4 is 4.90 Å². The van der Waals surface area contributed by atoms with E-state index in [4.69, 9.17) is 0 Å². The topological polar surface area (TPSA) is 22.6 Å². The second-order valence-corrected chi connectivity index (χ2v) is 6.22. The molecule has 0 aliphatic carbocycles. The molecule has 0 saturated carbocycles. The third-order valence-electron chi connectivity index (χ3n) is 4.70. The molecule has 3 heterocycles. The molecule has 2 aliphatic heterocycles. The fourth-order valence-electron chi connectivity index (χ4n) is 3.31. The Hall–Kier alpha value is -1.13. The number of likely N-dealkylation sites (tertiary alicyclic amines) is 1. The molecule has 0 bridgehead atoms. The van der Waals surface area contributed by atoms with Crippen LogP contribution in [-0.4, -0.2) is 67.6 Å². The van der Waals surface area contributed by atoms with Gasteiger partial charge in [-0.05, 0) is 51.0 Å². The number of aromatic nitrogens is 1. The predicted molar refractivity (Wildman–Crippen MR) is 83.1 cm³/mol. The Morgan fingerprint density at radius 3 is 2.45 bits per heavy atom. The average molecular weight is 274 g/mol. The minimum atomic E-state index is 0.910. The molecule has 0 aromatic carbocycles. The maximum Gasteiger partial charge on any atom is 0.128 e. The summed E-state index contributed by atoms with van der Waals surface area (Å²) in [7, 11) is 2.24. The zero-order valence-corrected chi connectivity index (χ0v) is 12.5. The first-order chi connectivity index (χ1) is 9.81. The lowest BCUT2D eigenvalue weighted by molar-refractivity contribution is 0.155. The fourth-order valence-corrected chi connectivity index (χ4v) is 3.31. The van der Waals surface area contributed by atoms with Gasteiger partial charge in [-0.1, -0.05) is 6.07 Å². The standard InChI is InChI=1S/C16H26N4/c1-18-8-5-15(6-9-18)14-19-10-12-20(13-11-19)16-4-2-3-7-17-16/h2-4,7,15H,5-6,8-14H2,1H3. The largest absolute Gasteiger partial charge is 0.354 e. The summed E-state index contributed by atoms with van der Waals surface area (Å²) in [5, 5.41) is 0. The normalized spacial score (nSPS) is 23.1. The molecule has 0 spiro atoms. The van der Waals surface area contributed by atoms with Crippen LogP contribution in [-0.2, 0) is 0 Å². The van der Waals surface area contributed by atoms with E-state index < -0.39 is 0 Å². The van der Waals surface area contributed by atoms with Crippen LogP contribution >= 0.6 is 0 Å². The molecule has 0 amide bonds. The van der Waals surface area contributed by atoms with E-state index in [2.05, 4.69) is 38.9 Å². The van der Waals surface area contributed by atoms with Gasteiger partial charge in [-0.2, -0.15) is 0 Å². The van der Waals surface area contributed by atoms with Gasteiger partial charge in [0, 0.05) is 38.9 Å². The van der Waals surface area contributed by atoms with E-state index in [-0.39, 0.29) is 0 Å². The van der Waals surface area contributed by atoms with Gasteiger partial charge in [0.2, 0.25) is 0 Å². The Labute approximate surface area is 122 Å². The van der Waals surface area contributed by atoms with Gasteiger partial charge in [0.15, 0.2) is 0 Å². The number of nitrogens with zero attached hydrogens (tertiary/aromatic N) is 4. The Morgan fingerprint density at radius 1 is 1.05 bits per heavy atom. The zero-order chi connectivity index (χ0) is 13.8. The molecule has 4 heteroatoms. The minimum absolute atomic E-state index is 0.910. The van der Waals surface area contributed by atoms with Crippen LogP contribution in [0, 0.1) is 5.92 Å². The number of pyridine rings is 1. The van der Waals surface area contributed by atoms with Gasteiger partial charge in [0.25, 0.3) is 0 Å². The lowest BCUT2D eigenvalue weighted by Crippen LogP contribution is -2.48. The van der Waals surface area contributed by atoms with Gasteiger partial charge in [-0.25, -0.2) is 4.98 Å². The highest BCUT2D eigenvalue weighted by atomic mass is 15.3. The lowest BCUT2D eigenvalue weighted by Gasteiger charge is -2.38. The summed E-state index contributed by atoms with van der Waals surface area (Å²) in [4.78, 5) is 12.0. The number of hydrogen-bond donors (Lipinski definition) is 0. The monoisotopic (exact) mass is 274 g/mol. The molecule has 4 nitrogen and oxygen atoms in total. The van der Waals surface area contributed by atoms with Gasteiger partial charge >= 0.3 is 0 Å². The average Bonchev–Trinajstić information content (AvgIpc) is 2.51. The van der Waals surface area contributed by atoms with Crippen LogP contribution in [0.1, 0.15) is 12.8 Å². The smallest absolute Gasteiger partial charge is 0.128 e. The maximum atomic E-state index is 4.45. The Bertz CT molecular complexity index is 392. The van der Waals surface area contributed by atoms with Crippen molar-refractivity contribution < 1.29 is 0 Å². The SMILES string of the molecule is CN1CCC(CN2CCN(c3ccccn3)CC2)CC1. The second kappa shape index (κ2) is 6.55. The molecule has 110 valence electrons. The molecule has 1 aromatic heterocycles. The Kier molecular flexibility index (Phi) is 4.53. The lowest BCUT2D eigenvalue weighted by atomic mass is 9.96. The molecular formula is C16H26N4. The molecule has 2 saturated heterocycles. The molecule has 1 aromatic rings. The Balaban J connectivity index is 1.44. The van der Waals surface area contributed by atoms with Crippen LogP contribution in [0.5, 0.6) is 0 Å². The number of hydrogen-bond acceptors (Lipinski definition) is 4. The fraction of sp³-hybridized carbons (Fsp3) is 0.688. The predicted octanol–water partition coefficient (Wildman–Crippen LogP) is 1.55. The maximum absolute atomic E-state index is 4.45. The van der Waals surface area contributed by atoms with Crippen molar-refractivity contribution >= 4 is 5.82 Å². The van der Waals surface area contributed by atoms with E-state index in [1.54, 1.807) is 0 Å². The summed E-state index contributed by atoms with van der Waals surface area (Å²) in [5.41, 5.74) is 0. The van der Waals surface area contributed by atoms with Crippen LogP contribution in [0.15, 0.2) is 24.4 Å². The van der Waals surface area contributed by atoms with Crippen molar-refractivity contribution in [3.05, 3.63) is 24.4 Å². The highest BCUT2D eigenvalue weighted by Crippen LogP contribution is 2.19. The quantitative estimate of drug-likeness (QED) is 0.834. The summed E-state index contributed by atoms with van der Waals surface area (Å²) in [6, 6.07) is 6.18. The van der Waals surface area contributed by atoms with Crippen LogP contribution in [0.4, 0.5) is 5.82 Å². The molecule has 3 rings (SSSR count). The van der Waals surface area contributed by atoms with Crippen LogP contribution in [0.3, 0.4) is 0 Å². The van der Waals surface area contributed by atoms with E-state index in [1.165, 1.54) is 45.6 Å². The first-order valence-corrected chi connectivity index (χ1v) is 7.88. The third kappa shape index (κ3) is 3.49. The number of piperidine rings is 1. The summed E-state index contributed by atoms with van der Waals surface area (Å²) >= 11 is 0. The molecule has 2 fully saturated rings. The van der Waals surface area contributed by atoms with E-state index in [9.17, 15) is 0 Å². The first-order valence-electron chi connectivity index (χ1n) is 7.88. The number of anilines is 1. The van der Waals surface area contributed by atoms with E-state index in [0.29, 0.717) is 0 Å². The van der Waals surface area contributed by atoms with Gasteiger partial charge < -0.3 is 9.80 Å². The van der Waals surface area contributed by atoms with Gasteiger partial charge in [0.1, 0.15) is 5.82 Å². The van der Waals surface area contributed by atoms with Crippen LogP contribution in [0.2, 0.25) is 0 Å². The molecule has 0 unspecified atom stereocenters. The minimum Gasteiger partial charge on any atom is -0.354 e. The van der Waals surface area contributed by atoms with E-state index in [1.807, 2.05) is 12.3 Å². The summed E-state index contributed by atoms with van der Waals surface area (Å²) in [6.07, 6.45) is 4.63. The molecular weight excluding hydrogens is 248 g/mol. The molecule has 0 N–H and O–H groups in total. The van der Waals surface area contributed by atoms with Gasteiger partial charge in [-0.15, -0.1) is 0 Å². The highest BCUT2D eigenvalue weighted by molar-refractivity contribution is 5.38. The van der Waals surface area contributed by atoms with Crippen molar-refractivity contribution in [2.75, 3.05) is 57.8 Å². The Morgan fingerprint density at radius 2 is 1.80 bits per heavy atom. The van der Waals surface area contributed by atoms with Gasteiger partial charge in [-0.3, -0.25) is 4.90 Å². The molecule has 2 aliphatic rings. The molecule has 20 heavy (non-hydrogen) atoms. The highest BCUT2D eigenvalue weighted by Gasteiger charge is 2.23. The molecule has 0 radical (unpaired) electrons. The zero-order valence-electron chi connectivity index (χ0n) is 12.5. The number of rotatable bonds is 3. The summed E-state index contributed by atoms with van der Waals surface area (Å²) < 4.78 is 0. The first kappa shape index (κ1) is 13.8.